The number of rotatable bonds is 1. The molecule has 0 aromatic carbocycles. The Bertz CT molecular complexity index is 444. The summed E-state index contributed by atoms with van der Waals surface area (Å²) in [6, 6.07) is 0. The molecule has 7 atom stereocenters. The highest BCUT2D eigenvalue weighted by Crippen LogP contribution is 2.58. The van der Waals surface area contributed by atoms with E-state index in [9.17, 15) is 9.59 Å². The van der Waals surface area contributed by atoms with Crippen LogP contribution in [0.25, 0.3) is 0 Å². The fourth-order valence-corrected chi connectivity index (χ4v) is 6.06. The second-order valence-electron chi connectivity index (χ2n) is 7.41. The minimum Gasteiger partial charge on any atom is -0.381 e. The van der Waals surface area contributed by atoms with Crippen LogP contribution in [0.1, 0.15) is 44.9 Å². The van der Waals surface area contributed by atoms with Crippen LogP contribution in [0.5, 0.6) is 0 Å². The summed E-state index contributed by atoms with van der Waals surface area (Å²) in [4.78, 5) is 25.1. The van der Waals surface area contributed by atoms with Crippen LogP contribution >= 0.6 is 0 Å². The third kappa shape index (κ3) is 1.62. The Labute approximate surface area is 120 Å². The molecule has 0 spiro atoms. The Morgan fingerprint density at radius 1 is 0.900 bits per heavy atom. The van der Waals surface area contributed by atoms with Gasteiger partial charge in [-0.2, -0.15) is 0 Å². The fraction of sp³-hybridized carbons (Fsp3) is 0.882. The van der Waals surface area contributed by atoms with E-state index in [1.54, 1.807) is 7.11 Å². The molecule has 20 heavy (non-hydrogen) atoms. The molecule has 0 heterocycles. The van der Waals surface area contributed by atoms with Gasteiger partial charge in [0.1, 0.15) is 0 Å². The van der Waals surface area contributed by atoms with E-state index in [0.717, 1.165) is 12.8 Å². The first-order valence-corrected chi connectivity index (χ1v) is 8.33. The smallest absolute Gasteiger partial charge is 0.204 e. The zero-order valence-corrected chi connectivity index (χ0v) is 12.2. The topological polar surface area (TPSA) is 43.4 Å². The third-order valence-electron chi connectivity index (χ3n) is 6.78. The molecule has 3 heteroatoms. The van der Waals surface area contributed by atoms with E-state index in [2.05, 4.69) is 0 Å². The summed E-state index contributed by atoms with van der Waals surface area (Å²) in [5, 5.41) is 0. The number of ether oxygens (including phenoxy) is 1. The SMILES string of the molecule is COC1CCC2CC3CCCCC3C3C(=O)C(=O)C1C23. The second kappa shape index (κ2) is 4.66. The predicted molar refractivity (Wildman–Crippen MR) is 74.1 cm³/mol. The minimum absolute atomic E-state index is 0.00200. The number of hydrogen-bond acceptors (Lipinski definition) is 3. The van der Waals surface area contributed by atoms with E-state index in [4.69, 9.17) is 4.74 Å². The number of carbonyl (C=O) groups is 2. The Hall–Kier alpha value is -0.700. The molecule has 4 aliphatic rings. The normalized spacial score (nSPS) is 50.8. The molecule has 4 rings (SSSR count). The van der Waals surface area contributed by atoms with Gasteiger partial charge in [0.05, 0.1) is 12.0 Å². The van der Waals surface area contributed by atoms with E-state index in [1.807, 2.05) is 0 Å². The maximum Gasteiger partial charge on any atom is 0.204 e. The number of Topliss-reactive ketones (excluding diaryl/α,β-unsaturated/α-hetero) is 2. The number of hydrogen-bond donors (Lipinski definition) is 0. The lowest BCUT2D eigenvalue weighted by molar-refractivity contribution is -0.139. The van der Waals surface area contributed by atoms with Crippen molar-refractivity contribution >= 4 is 11.6 Å². The summed E-state index contributed by atoms with van der Waals surface area (Å²) < 4.78 is 5.55. The van der Waals surface area contributed by atoms with Gasteiger partial charge in [-0.1, -0.05) is 19.3 Å². The highest BCUT2D eigenvalue weighted by atomic mass is 16.5. The summed E-state index contributed by atoms with van der Waals surface area (Å²) in [7, 11) is 1.70. The standard InChI is InChI=1S/C17H24O3/c1-20-12-7-6-10-8-9-4-2-3-5-11(9)14-13(10)15(12)17(19)16(14)18/h9-15H,2-8H2,1H3. The Kier molecular flexibility index (Phi) is 3.03. The third-order valence-corrected chi connectivity index (χ3v) is 6.78. The van der Waals surface area contributed by atoms with Gasteiger partial charge >= 0.3 is 0 Å². The molecular weight excluding hydrogens is 252 g/mol. The van der Waals surface area contributed by atoms with E-state index in [1.165, 1.54) is 32.1 Å². The van der Waals surface area contributed by atoms with Gasteiger partial charge in [0.15, 0.2) is 0 Å². The first-order chi connectivity index (χ1) is 9.72. The van der Waals surface area contributed by atoms with Crippen LogP contribution in [-0.4, -0.2) is 24.8 Å². The minimum atomic E-state index is -0.112. The van der Waals surface area contributed by atoms with E-state index in [0.29, 0.717) is 23.7 Å². The van der Waals surface area contributed by atoms with Crippen molar-refractivity contribution in [2.24, 2.45) is 35.5 Å². The fourth-order valence-electron chi connectivity index (χ4n) is 6.06. The molecule has 0 saturated heterocycles. The van der Waals surface area contributed by atoms with Crippen LogP contribution in [0.2, 0.25) is 0 Å². The number of fused-ring (bicyclic) bond motifs is 2. The molecule has 0 aromatic rings. The molecule has 0 radical (unpaired) electrons. The second-order valence-corrected chi connectivity index (χ2v) is 7.41. The average molecular weight is 276 g/mol. The Balaban J connectivity index is 1.72. The van der Waals surface area contributed by atoms with Crippen molar-refractivity contribution in [2.75, 3.05) is 7.11 Å². The zero-order valence-electron chi connectivity index (χ0n) is 12.2. The quantitative estimate of drug-likeness (QED) is 0.691. The van der Waals surface area contributed by atoms with E-state index < -0.39 is 0 Å². The van der Waals surface area contributed by atoms with Gasteiger partial charge in [0.2, 0.25) is 11.6 Å². The maximum atomic E-state index is 12.6. The Morgan fingerprint density at radius 3 is 2.45 bits per heavy atom. The molecule has 0 aromatic heterocycles. The summed E-state index contributed by atoms with van der Waals surface area (Å²) in [5.74, 6) is 1.94. The zero-order chi connectivity index (χ0) is 13.9. The van der Waals surface area contributed by atoms with Gasteiger partial charge in [-0.05, 0) is 49.4 Å². The predicted octanol–water partition coefficient (Wildman–Crippen LogP) is 2.62. The molecule has 0 bridgehead atoms. The number of carbonyl (C=O) groups excluding carboxylic acids is 2. The summed E-state index contributed by atoms with van der Waals surface area (Å²) in [5.41, 5.74) is 0. The van der Waals surface area contributed by atoms with Gasteiger partial charge in [-0.15, -0.1) is 0 Å². The molecule has 4 saturated carbocycles. The number of ketones is 2. The van der Waals surface area contributed by atoms with Crippen molar-refractivity contribution in [3.05, 3.63) is 0 Å². The van der Waals surface area contributed by atoms with Crippen molar-refractivity contribution in [1.29, 1.82) is 0 Å². The van der Waals surface area contributed by atoms with E-state index >= 15 is 0 Å². The summed E-state index contributed by atoms with van der Waals surface area (Å²) >= 11 is 0. The van der Waals surface area contributed by atoms with Crippen molar-refractivity contribution in [2.45, 2.75) is 51.0 Å². The molecule has 0 N–H and O–H groups in total. The molecule has 7 unspecified atom stereocenters. The van der Waals surface area contributed by atoms with Gasteiger partial charge in [-0.25, -0.2) is 0 Å². The first kappa shape index (κ1) is 13.0. The lowest BCUT2D eigenvalue weighted by Gasteiger charge is -2.50. The monoisotopic (exact) mass is 276 g/mol. The van der Waals surface area contributed by atoms with Gasteiger partial charge in [0, 0.05) is 13.0 Å². The van der Waals surface area contributed by atoms with Crippen LogP contribution in [0.3, 0.4) is 0 Å². The van der Waals surface area contributed by atoms with Crippen molar-refractivity contribution < 1.29 is 14.3 Å². The number of methoxy groups -OCH3 is 1. The van der Waals surface area contributed by atoms with Crippen LogP contribution in [-0.2, 0) is 14.3 Å². The lowest BCUT2D eigenvalue weighted by Crippen LogP contribution is -2.47. The van der Waals surface area contributed by atoms with Crippen LogP contribution in [0, 0.1) is 35.5 Å². The first-order valence-electron chi connectivity index (χ1n) is 8.33. The molecule has 4 fully saturated rings. The van der Waals surface area contributed by atoms with Gasteiger partial charge < -0.3 is 4.74 Å². The molecule has 3 nitrogen and oxygen atoms in total. The molecule has 0 amide bonds. The van der Waals surface area contributed by atoms with Crippen molar-refractivity contribution in [3.63, 3.8) is 0 Å². The van der Waals surface area contributed by atoms with Crippen LogP contribution in [0.4, 0.5) is 0 Å². The maximum absolute atomic E-state index is 12.6. The van der Waals surface area contributed by atoms with Crippen LogP contribution in [0.15, 0.2) is 0 Å². The molecule has 0 aliphatic heterocycles. The highest BCUT2D eigenvalue weighted by molar-refractivity contribution is 6.41. The Morgan fingerprint density at radius 2 is 1.65 bits per heavy atom. The summed E-state index contributed by atoms with van der Waals surface area (Å²) in [6.45, 7) is 0. The van der Waals surface area contributed by atoms with Gasteiger partial charge in [-0.3, -0.25) is 9.59 Å². The highest BCUT2D eigenvalue weighted by Gasteiger charge is 2.62. The van der Waals surface area contributed by atoms with Gasteiger partial charge in [0.25, 0.3) is 0 Å². The largest absolute Gasteiger partial charge is 0.381 e. The molecule has 110 valence electrons. The van der Waals surface area contributed by atoms with Crippen LogP contribution < -0.4 is 0 Å². The summed E-state index contributed by atoms with van der Waals surface area (Å²) in [6.07, 6.45) is 8.39. The van der Waals surface area contributed by atoms with E-state index in [-0.39, 0.29) is 29.5 Å². The average Bonchev–Trinajstić information content (AvgIpc) is 2.75. The lowest BCUT2D eigenvalue weighted by atomic mass is 9.54. The van der Waals surface area contributed by atoms with Crippen molar-refractivity contribution in [1.82, 2.24) is 0 Å². The molecule has 4 aliphatic carbocycles. The van der Waals surface area contributed by atoms with Crippen molar-refractivity contribution in [3.8, 4) is 0 Å². The molecular formula is C17H24O3.